The van der Waals surface area contributed by atoms with E-state index < -0.39 is 11.7 Å². The van der Waals surface area contributed by atoms with Crippen molar-refractivity contribution in [2.75, 3.05) is 18.1 Å². The van der Waals surface area contributed by atoms with Crippen LogP contribution in [0.3, 0.4) is 0 Å². The lowest BCUT2D eigenvalue weighted by Crippen LogP contribution is -2.19. The summed E-state index contributed by atoms with van der Waals surface area (Å²) in [4.78, 5) is 0. The van der Waals surface area contributed by atoms with E-state index in [-0.39, 0.29) is 6.54 Å². The Labute approximate surface area is 104 Å². The van der Waals surface area contributed by atoms with E-state index in [0.717, 1.165) is 24.1 Å². The second-order valence-corrected chi connectivity index (χ2v) is 4.92. The van der Waals surface area contributed by atoms with Gasteiger partial charge in [-0.25, -0.2) is 0 Å². The lowest BCUT2D eigenvalue weighted by Gasteiger charge is -2.13. The van der Waals surface area contributed by atoms with Gasteiger partial charge in [-0.2, -0.15) is 24.9 Å². The van der Waals surface area contributed by atoms with E-state index in [1.165, 1.54) is 12.1 Å². The van der Waals surface area contributed by atoms with Crippen LogP contribution in [0.2, 0.25) is 0 Å². The molecule has 0 aliphatic rings. The highest BCUT2D eigenvalue weighted by molar-refractivity contribution is 7.99. The molecule has 1 rings (SSSR count). The maximum Gasteiger partial charge on any atom is 0.416 e. The quantitative estimate of drug-likeness (QED) is 0.788. The Morgan fingerprint density at radius 2 is 1.94 bits per heavy atom. The Kier molecular flexibility index (Phi) is 5.85. The Balaban J connectivity index is 2.53. The van der Waals surface area contributed by atoms with Crippen LogP contribution in [0.1, 0.15) is 18.1 Å². The van der Waals surface area contributed by atoms with E-state index in [0.29, 0.717) is 5.56 Å². The van der Waals surface area contributed by atoms with Gasteiger partial charge in [-0.15, -0.1) is 0 Å². The van der Waals surface area contributed by atoms with E-state index in [1.807, 2.05) is 0 Å². The first-order valence-electron chi connectivity index (χ1n) is 5.49. The van der Waals surface area contributed by atoms with Gasteiger partial charge in [0.25, 0.3) is 0 Å². The first kappa shape index (κ1) is 14.4. The van der Waals surface area contributed by atoms with Crippen LogP contribution in [0, 0.1) is 0 Å². The SMILES string of the molecule is CCSCCNCc1ccccc1C(F)(F)F. The van der Waals surface area contributed by atoms with Crippen molar-refractivity contribution in [3.63, 3.8) is 0 Å². The summed E-state index contributed by atoms with van der Waals surface area (Å²) in [5.74, 6) is 1.95. The highest BCUT2D eigenvalue weighted by atomic mass is 32.2. The van der Waals surface area contributed by atoms with Crippen molar-refractivity contribution < 1.29 is 13.2 Å². The van der Waals surface area contributed by atoms with Gasteiger partial charge in [-0.05, 0) is 17.4 Å². The van der Waals surface area contributed by atoms with Gasteiger partial charge in [-0.3, -0.25) is 0 Å². The van der Waals surface area contributed by atoms with Crippen LogP contribution in [0.15, 0.2) is 24.3 Å². The molecule has 5 heteroatoms. The van der Waals surface area contributed by atoms with Crippen LogP contribution in [0.4, 0.5) is 13.2 Å². The zero-order valence-corrected chi connectivity index (χ0v) is 10.5. The molecule has 0 radical (unpaired) electrons. The summed E-state index contributed by atoms with van der Waals surface area (Å²) in [6.07, 6.45) is -4.27. The molecule has 1 nitrogen and oxygen atoms in total. The standard InChI is InChI=1S/C12H16F3NS/c1-2-17-8-7-16-9-10-5-3-4-6-11(10)12(13,14)15/h3-6,16H,2,7-9H2,1H3. The average Bonchev–Trinajstić information content (AvgIpc) is 2.28. The fourth-order valence-electron chi connectivity index (χ4n) is 1.46. The molecule has 0 aliphatic carbocycles. The zero-order valence-electron chi connectivity index (χ0n) is 9.68. The molecular weight excluding hydrogens is 247 g/mol. The molecule has 0 spiro atoms. The number of nitrogens with one attached hydrogen (secondary N) is 1. The number of rotatable bonds is 6. The third-order valence-corrected chi connectivity index (χ3v) is 3.17. The topological polar surface area (TPSA) is 12.0 Å². The normalized spacial score (nSPS) is 11.8. The summed E-state index contributed by atoms with van der Waals surface area (Å²) < 4.78 is 37.9. The van der Waals surface area contributed by atoms with Gasteiger partial charge in [0.15, 0.2) is 0 Å². The van der Waals surface area contributed by atoms with Crippen molar-refractivity contribution in [1.82, 2.24) is 5.32 Å². The maximum atomic E-state index is 12.6. The van der Waals surface area contributed by atoms with E-state index in [2.05, 4.69) is 12.2 Å². The van der Waals surface area contributed by atoms with Gasteiger partial charge in [0.2, 0.25) is 0 Å². The zero-order chi connectivity index (χ0) is 12.7. The lowest BCUT2D eigenvalue weighted by molar-refractivity contribution is -0.138. The minimum Gasteiger partial charge on any atom is -0.312 e. The minimum absolute atomic E-state index is 0.264. The van der Waals surface area contributed by atoms with Crippen LogP contribution in [0.25, 0.3) is 0 Å². The molecule has 17 heavy (non-hydrogen) atoms. The lowest BCUT2D eigenvalue weighted by atomic mass is 10.1. The number of hydrogen-bond acceptors (Lipinski definition) is 2. The van der Waals surface area contributed by atoms with Gasteiger partial charge in [0.1, 0.15) is 0 Å². The van der Waals surface area contributed by atoms with Crippen molar-refractivity contribution in [2.24, 2.45) is 0 Å². The van der Waals surface area contributed by atoms with Crippen LogP contribution in [-0.2, 0) is 12.7 Å². The molecule has 1 aromatic rings. The summed E-state index contributed by atoms with van der Waals surface area (Å²) >= 11 is 1.77. The summed E-state index contributed by atoms with van der Waals surface area (Å²) in [6.45, 7) is 3.05. The molecule has 0 unspecified atom stereocenters. The highest BCUT2D eigenvalue weighted by Crippen LogP contribution is 2.31. The summed E-state index contributed by atoms with van der Waals surface area (Å²) in [5.41, 5.74) is -0.239. The van der Waals surface area contributed by atoms with Gasteiger partial charge in [0.05, 0.1) is 5.56 Å². The average molecular weight is 263 g/mol. The van der Waals surface area contributed by atoms with Crippen molar-refractivity contribution >= 4 is 11.8 Å². The van der Waals surface area contributed by atoms with E-state index >= 15 is 0 Å². The summed E-state index contributed by atoms with van der Waals surface area (Å²) in [6, 6.07) is 5.69. The molecule has 96 valence electrons. The fraction of sp³-hybridized carbons (Fsp3) is 0.500. The molecule has 1 N–H and O–H groups in total. The third kappa shape index (κ3) is 5.00. The fourth-order valence-corrected chi connectivity index (χ4v) is 2.04. The highest BCUT2D eigenvalue weighted by Gasteiger charge is 2.32. The Morgan fingerprint density at radius 1 is 1.24 bits per heavy atom. The second-order valence-electron chi connectivity index (χ2n) is 3.53. The first-order valence-corrected chi connectivity index (χ1v) is 6.64. The summed E-state index contributed by atoms with van der Waals surface area (Å²) in [5, 5.41) is 3.03. The summed E-state index contributed by atoms with van der Waals surface area (Å²) in [7, 11) is 0. The predicted octanol–water partition coefficient (Wildman–Crippen LogP) is 3.55. The van der Waals surface area contributed by atoms with Crippen LogP contribution >= 0.6 is 11.8 Å². The monoisotopic (exact) mass is 263 g/mol. The number of alkyl halides is 3. The molecule has 1 aromatic carbocycles. The Bertz CT molecular complexity index is 339. The number of hydrogen-bond donors (Lipinski definition) is 1. The molecular formula is C12H16F3NS. The van der Waals surface area contributed by atoms with Gasteiger partial charge in [-0.1, -0.05) is 25.1 Å². The number of benzene rings is 1. The molecule has 0 aromatic heterocycles. The molecule has 0 amide bonds. The van der Waals surface area contributed by atoms with E-state index in [4.69, 9.17) is 0 Å². The predicted molar refractivity (Wildman–Crippen MR) is 66.1 cm³/mol. The van der Waals surface area contributed by atoms with Crippen LogP contribution < -0.4 is 5.32 Å². The van der Waals surface area contributed by atoms with E-state index in [1.54, 1.807) is 17.8 Å². The maximum absolute atomic E-state index is 12.6. The Hall–Kier alpha value is -0.680. The van der Waals surface area contributed by atoms with Crippen molar-refractivity contribution in [3.8, 4) is 0 Å². The number of halogens is 3. The van der Waals surface area contributed by atoms with Gasteiger partial charge < -0.3 is 5.32 Å². The Morgan fingerprint density at radius 3 is 2.59 bits per heavy atom. The van der Waals surface area contributed by atoms with Crippen LogP contribution in [0.5, 0.6) is 0 Å². The molecule has 0 atom stereocenters. The third-order valence-electron chi connectivity index (χ3n) is 2.27. The molecule has 0 heterocycles. The molecule has 0 fully saturated rings. The molecule has 0 bridgehead atoms. The van der Waals surface area contributed by atoms with E-state index in [9.17, 15) is 13.2 Å². The minimum atomic E-state index is -4.27. The second kappa shape index (κ2) is 6.91. The first-order chi connectivity index (χ1) is 8.05. The van der Waals surface area contributed by atoms with Crippen LogP contribution in [-0.4, -0.2) is 18.1 Å². The molecule has 0 aliphatic heterocycles. The molecule has 0 saturated carbocycles. The largest absolute Gasteiger partial charge is 0.416 e. The van der Waals surface area contributed by atoms with Gasteiger partial charge >= 0.3 is 6.18 Å². The van der Waals surface area contributed by atoms with Crippen molar-refractivity contribution in [3.05, 3.63) is 35.4 Å². The molecule has 0 saturated heterocycles. The smallest absolute Gasteiger partial charge is 0.312 e. The van der Waals surface area contributed by atoms with Crippen molar-refractivity contribution in [2.45, 2.75) is 19.6 Å². The van der Waals surface area contributed by atoms with Gasteiger partial charge in [0, 0.05) is 18.8 Å². The van der Waals surface area contributed by atoms with Crippen molar-refractivity contribution in [1.29, 1.82) is 0 Å². The number of thioether (sulfide) groups is 1.